The predicted octanol–water partition coefficient (Wildman–Crippen LogP) is 4.40. The third-order valence-corrected chi connectivity index (χ3v) is 3.14. The topological polar surface area (TPSA) is 38.0 Å². The van der Waals surface area contributed by atoms with Crippen LogP contribution in [0.3, 0.4) is 0 Å². The Bertz CT molecular complexity index is 494. The highest BCUT2D eigenvalue weighted by Crippen LogP contribution is 2.23. The molecule has 0 aliphatic carbocycles. The normalized spacial score (nSPS) is 9.79. The lowest BCUT2D eigenvalue weighted by Gasteiger charge is -2.06. The van der Waals surface area contributed by atoms with Crippen LogP contribution in [0.1, 0.15) is 25.3 Å². The van der Waals surface area contributed by atoms with Crippen molar-refractivity contribution >= 4 is 18.1 Å². The molecule has 2 aromatic carbocycles. The van der Waals surface area contributed by atoms with E-state index >= 15 is 0 Å². The summed E-state index contributed by atoms with van der Waals surface area (Å²) in [4.78, 5) is 0. The molecule has 0 spiro atoms. The number of nitrogen functional groups attached to an aromatic ring is 1. The summed E-state index contributed by atoms with van der Waals surface area (Å²) >= 11 is 0. The van der Waals surface area contributed by atoms with Gasteiger partial charge in [-0.2, -0.15) is 0 Å². The van der Waals surface area contributed by atoms with Crippen molar-refractivity contribution in [2.75, 3.05) is 5.43 Å². The van der Waals surface area contributed by atoms with Gasteiger partial charge in [0.25, 0.3) is 0 Å². The van der Waals surface area contributed by atoms with Crippen LogP contribution in [0.4, 0.5) is 5.69 Å². The summed E-state index contributed by atoms with van der Waals surface area (Å²) in [7, 11) is 0. The Kier molecular flexibility index (Phi) is 6.40. The molecule has 0 aliphatic heterocycles. The van der Waals surface area contributed by atoms with Gasteiger partial charge < -0.3 is 5.43 Å². The molecule has 0 heterocycles. The van der Waals surface area contributed by atoms with Gasteiger partial charge in [-0.1, -0.05) is 49.7 Å². The Balaban J connectivity index is 0.00000180. The quantitative estimate of drug-likeness (QED) is 0.627. The highest BCUT2D eigenvalue weighted by atomic mass is 35.5. The van der Waals surface area contributed by atoms with Crippen LogP contribution in [-0.4, -0.2) is 0 Å². The summed E-state index contributed by atoms with van der Waals surface area (Å²) in [5, 5.41) is 0. The zero-order chi connectivity index (χ0) is 12.8. The number of hydrazine groups is 1. The van der Waals surface area contributed by atoms with Crippen LogP contribution < -0.4 is 11.3 Å². The molecule has 2 nitrogen and oxygen atoms in total. The summed E-state index contributed by atoms with van der Waals surface area (Å²) in [5.74, 6) is 5.43. The molecule has 2 rings (SSSR count). The van der Waals surface area contributed by atoms with Crippen molar-refractivity contribution in [2.45, 2.75) is 26.2 Å². The second kappa shape index (κ2) is 7.82. The average molecular weight is 277 g/mol. The number of anilines is 1. The average Bonchev–Trinajstić information content (AvgIpc) is 2.46. The summed E-state index contributed by atoms with van der Waals surface area (Å²) in [6.45, 7) is 2.22. The molecule has 0 radical (unpaired) electrons. The van der Waals surface area contributed by atoms with E-state index in [2.05, 4.69) is 48.7 Å². The lowest BCUT2D eigenvalue weighted by Crippen LogP contribution is -2.06. The van der Waals surface area contributed by atoms with Crippen LogP contribution in [-0.2, 0) is 6.42 Å². The number of hydrogen-bond acceptors (Lipinski definition) is 2. The smallest absolute Gasteiger partial charge is 0.0491 e. The second-order valence-electron chi connectivity index (χ2n) is 4.53. The van der Waals surface area contributed by atoms with Gasteiger partial charge >= 0.3 is 0 Å². The molecule has 2 aromatic rings. The maximum absolute atomic E-state index is 5.43. The lowest BCUT2D eigenvalue weighted by molar-refractivity contribution is 0.795. The van der Waals surface area contributed by atoms with Gasteiger partial charge in [-0.3, -0.25) is 5.84 Å². The van der Waals surface area contributed by atoms with Gasteiger partial charge in [-0.05, 0) is 41.7 Å². The van der Waals surface area contributed by atoms with E-state index in [1.807, 2.05) is 12.1 Å². The van der Waals surface area contributed by atoms with E-state index in [1.165, 1.54) is 36.0 Å². The van der Waals surface area contributed by atoms with Crippen LogP contribution in [0.5, 0.6) is 0 Å². The Morgan fingerprint density at radius 2 is 1.74 bits per heavy atom. The first kappa shape index (κ1) is 15.5. The van der Waals surface area contributed by atoms with E-state index in [1.54, 1.807) is 0 Å². The van der Waals surface area contributed by atoms with Crippen LogP contribution in [0.15, 0.2) is 48.5 Å². The first-order chi connectivity index (χ1) is 8.83. The van der Waals surface area contributed by atoms with Crippen molar-refractivity contribution in [1.82, 2.24) is 0 Å². The Morgan fingerprint density at radius 3 is 2.37 bits per heavy atom. The molecule has 0 fully saturated rings. The number of halogens is 1. The summed E-state index contributed by atoms with van der Waals surface area (Å²) < 4.78 is 0. The van der Waals surface area contributed by atoms with Gasteiger partial charge in [-0.15, -0.1) is 12.4 Å². The summed E-state index contributed by atoms with van der Waals surface area (Å²) in [5.41, 5.74) is 7.44. The van der Waals surface area contributed by atoms with E-state index in [-0.39, 0.29) is 12.4 Å². The molecule has 102 valence electrons. The number of nitrogens with two attached hydrogens (primary N) is 1. The van der Waals surface area contributed by atoms with Crippen LogP contribution >= 0.6 is 12.4 Å². The van der Waals surface area contributed by atoms with Crippen LogP contribution in [0.25, 0.3) is 11.1 Å². The maximum atomic E-state index is 5.43. The van der Waals surface area contributed by atoms with Gasteiger partial charge in [0.1, 0.15) is 0 Å². The molecular formula is C16H21ClN2. The van der Waals surface area contributed by atoms with Crippen molar-refractivity contribution in [3.05, 3.63) is 54.1 Å². The van der Waals surface area contributed by atoms with Gasteiger partial charge in [0.15, 0.2) is 0 Å². The summed E-state index contributed by atoms with van der Waals surface area (Å²) in [6, 6.07) is 16.9. The van der Waals surface area contributed by atoms with Crippen molar-refractivity contribution in [3.63, 3.8) is 0 Å². The van der Waals surface area contributed by atoms with E-state index in [4.69, 9.17) is 5.84 Å². The number of benzene rings is 2. The van der Waals surface area contributed by atoms with E-state index in [9.17, 15) is 0 Å². The number of unbranched alkanes of at least 4 members (excludes halogenated alkanes) is 1. The van der Waals surface area contributed by atoms with Gasteiger partial charge in [0.05, 0.1) is 0 Å². The Hall–Kier alpha value is -1.51. The molecule has 0 unspecified atom stereocenters. The first-order valence-electron chi connectivity index (χ1n) is 6.49. The molecule has 0 saturated heterocycles. The molecule has 0 aliphatic rings. The van der Waals surface area contributed by atoms with E-state index in [0.717, 1.165) is 5.69 Å². The molecule has 0 aromatic heterocycles. The largest absolute Gasteiger partial charge is 0.324 e. The molecule has 19 heavy (non-hydrogen) atoms. The standard InChI is InChI=1S/C16H20N2.ClH/c1-2-3-5-13-8-10-14(11-9-13)15-6-4-7-16(12-15)18-17;/h4,6-12,18H,2-3,5,17H2,1H3;1H. The molecule has 0 amide bonds. The van der Waals surface area contributed by atoms with E-state index < -0.39 is 0 Å². The Morgan fingerprint density at radius 1 is 1.00 bits per heavy atom. The predicted molar refractivity (Wildman–Crippen MR) is 85.5 cm³/mol. The van der Waals surface area contributed by atoms with Crippen molar-refractivity contribution in [1.29, 1.82) is 0 Å². The lowest BCUT2D eigenvalue weighted by atomic mass is 10.0. The zero-order valence-corrected chi connectivity index (χ0v) is 12.0. The minimum absolute atomic E-state index is 0. The van der Waals surface area contributed by atoms with Crippen molar-refractivity contribution in [3.8, 4) is 11.1 Å². The van der Waals surface area contributed by atoms with Crippen molar-refractivity contribution < 1.29 is 0 Å². The highest BCUT2D eigenvalue weighted by Gasteiger charge is 1.99. The number of nitrogens with one attached hydrogen (secondary N) is 1. The monoisotopic (exact) mass is 276 g/mol. The summed E-state index contributed by atoms with van der Waals surface area (Å²) in [6.07, 6.45) is 3.67. The fraction of sp³-hybridized carbons (Fsp3) is 0.250. The van der Waals surface area contributed by atoms with Crippen LogP contribution in [0.2, 0.25) is 0 Å². The molecule has 3 N–H and O–H groups in total. The number of rotatable bonds is 5. The second-order valence-corrected chi connectivity index (χ2v) is 4.53. The number of hydrogen-bond donors (Lipinski definition) is 2. The van der Waals surface area contributed by atoms with Gasteiger partial charge in [0, 0.05) is 5.69 Å². The molecule has 0 bridgehead atoms. The molecule has 0 saturated carbocycles. The Labute approximate surface area is 121 Å². The number of aryl methyl sites for hydroxylation is 1. The van der Waals surface area contributed by atoms with Gasteiger partial charge in [-0.25, -0.2) is 0 Å². The zero-order valence-electron chi connectivity index (χ0n) is 11.2. The maximum Gasteiger partial charge on any atom is 0.0491 e. The third kappa shape index (κ3) is 4.27. The molecule has 3 heteroatoms. The third-order valence-electron chi connectivity index (χ3n) is 3.14. The first-order valence-corrected chi connectivity index (χ1v) is 6.49. The fourth-order valence-electron chi connectivity index (χ4n) is 2.03. The minimum Gasteiger partial charge on any atom is -0.324 e. The van der Waals surface area contributed by atoms with Gasteiger partial charge in [0.2, 0.25) is 0 Å². The van der Waals surface area contributed by atoms with Crippen LogP contribution in [0, 0.1) is 0 Å². The van der Waals surface area contributed by atoms with E-state index in [0.29, 0.717) is 0 Å². The molecule has 0 atom stereocenters. The minimum atomic E-state index is 0. The molecular weight excluding hydrogens is 256 g/mol. The van der Waals surface area contributed by atoms with Crippen molar-refractivity contribution in [2.24, 2.45) is 5.84 Å². The highest BCUT2D eigenvalue weighted by molar-refractivity contribution is 5.85. The SMILES string of the molecule is CCCCc1ccc(-c2cccc(NN)c2)cc1.Cl. The fourth-order valence-corrected chi connectivity index (χ4v) is 2.03.